The molecule has 0 aromatic carbocycles. The molecule has 0 unspecified atom stereocenters. The van der Waals surface area contributed by atoms with Gasteiger partial charge >= 0.3 is 6.16 Å². The summed E-state index contributed by atoms with van der Waals surface area (Å²) in [5.41, 5.74) is 0. The summed E-state index contributed by atoms with van der Waals surface area (Å²) < 4.78 is 9.72. The van der Waals surface area contributed by atoms with Crippen LogP contribution in [0.4, 0.5) is 4.79 Å². The molecule has 3 nitrogen and oxygen atoms in total. The molecule has 204 valence electrons. The topological polar surface area (TPSA) is 35.5 Å². The maximum absolute atomic E-state index is 11.0. The van der Waals surface area contributed by atoms with E-state index in [0.717, 1.165) is 12.8 Å². The Morgan fingerprint density at radius 1 is 0.382 bits per heavy atom. The number of unbranched alkanes of at least 4 members (excludes halogenated alkanes) is 25. The van der Waals surface area contributed by atoms with Gasteiger partial charge in [-0.3, -0.25) is 0 Å². The Bertz CT molecular complexity index is 383. The standard InChI is InChI=1S/C31H62O3/c1-3-5-6-7-8-9-10-11-12-13-14-15-16-17-18-19-20-21-22-23-24-25-26-27-28-29-30-34-31(32)33-4-2/h3-30H2,1-2H3. The minimum absolute atomic E-state index is 0.387. The molecule has 0 aliphatic carbocycles. The number of carbonyl (C=O) groups excluding carboxylic acids is 1. The van der Waals surface area contributed by atoms with Crippen molar-refractivity contribution in [1.82, 2.24) is 0 Å². The lowest BCUT2D eigenvalue weighted by atomic mass is 10.0. The van der Waals surface area contributed by atoms with Gasteiger partial charge in [-0.25, -0.2) is 4.79 Å². The number of rotatable bonds is 28. The molecule has 0 spiro atoms. The molecular formula is C31H62O3. The smallest absolute Gasteiger partial charge is 0.435 e. The molecule has 0 radical (unpaired) electrons. The molecule has 0 bridgehead atoms. The van der Waals surface area contributed by atoms with Gasteiger partial charge in [0.25, 0.3) is 0 Å². The Balaban J connectivity index is 3.03. The van der Waals surface area contributed by atoms with Crippen molar-refractivity contribution in [3.63, 3.8) is 0 Å². The van der Waals surface area contributed by atoms with Gasteiger partial charge in [0.1, 0.15) is 0 Å². The van der Waals surface area contributed by atoms with Crippen LogP contribution in [0.2, 0.25) is 0 Å². The summed E-state index contributed by atoms with van der Waals surface area (Å²) in [4.78, 5) is 11.0. The van der Waals surface area contributed by atoms with Crippen LogP contribution < -0.4 is 0 Å². The maximum atomic E-state index is 11.0. The second-order valence-electron chi connectivity index (χ2n) is 10.4. The van der Waals surface area contributed by atoms with Gasteiger partial charge in [-0.15, -0.1) is 0 Å². The number of carbonyl (C=O) groups is 1. The zero-order valence-electron chi connectivity index (χ0n) is 23.5. The molecule has 0 amide bonds. The third-order valence-electron chi connectivity index (χ3n) is 6.98. The molecule has 0 heterocycles. The zero-order valence-corrected chi connectivity index (χ0v) is 23.5. The largest absolute Gasteiger partial charge is 0.508 e. The van der Waals surface area contributed by atoms with E-state index in [1.54, 1.807) is 6.92 Å². The van der Waals surface area contributed by atoms with Gasteiger partial charge in [-0.05, 0) is 13.3 Å². The summed E-state index contributed by atoms with van der Waals surface area (Å²) in [6.45, 7) is 4.98. The Morgan fingerprint density at radius 2 is 0.647 bits per heavy atom. The summed E-state index contributed by atoms with van der Waals surface area (Å²) in [6, 6.07) is 0. The highest BCUT2D eigenvalue weighted by Crippen LogP contribution is 2.16. The van der Waals surface area contributed by atoms with Crippen LogP contribution in [-0.4, -0.2) is 19.4 Å². The molecule has 0 aliphatic rings. The van der Waals surface area contributed by atoms with E-state index in [2.05, 4.69) is 6.92 Å². The molecule has 34 heavy (non-hydrogen) atoms. The van der Waals surface area contributed by atoms with Crippen LogP contribution in [0.25, 0.3) is 0 Å². The average molecular weight is 483 g/mol. The Kier molecular flexibility index (Phi) is 29.7. The first kappa shape index (κ1) is 33.3. The van der Waals surface area contributed by atoms with Gasteiger partial charge < -0.3 is 9.47 Å². The molecule has 3 heteroatoms. The van der Waals surface area contributed by atoms with Crippen molar-refractivity contribution in [1.29, 1.82) is 0 Å². The summed E-state index contributed by atoms with van der Waals surface area (Å²) in [5.74, 6) is 0. The van der Waals surface area contributed by atoms with Crippen molar-refractivity contribution in [3.8, 4) is 0 Å². The first-order valence-corrected chi connectivity index (χ1v) is 15.6. The average Bonchev–Trinajstić information content (AvgIpc) is 2.83. The fraction of sp³-hybridized carbons (Fsp3) is 0.968. The van der Waals surface area contributed by atoms with E-state index in [-0.39, 0.29) is 0 Å². The highest BCUT2D eigenvalue weighted by molar-refractivity contribution is 5.59. The van der Waals surface area contributed by atoms with E-state index in [4.69, 9.17) is 9.47 Å². The second kappa shape index (κ2) is 30.3. The summed E-state index contributed by atoms with van der Waals surface area (Å²) in [7, 11) is 0. The van der Waals surface area contributed by atoms with Crippen LogP contribution in [0.5, 0.6) is 0 Å². The van der Waals surface area contributed by atoms with E-state index in [1.165, 1.54) is 154 Å². The Morgan fingerprint density at radius 3 is 0.912 bits per heavy atom. The second-order valence-corrected chi connectivity index (χ2v) is 10.4. The van der Waals surface area contributed by atoms with Crippen LogP contribution >= 0.6 is 0 Å². The molecule has 0 fully saturated rings. The van der Waals surface area contributed by atoms with Gasteiger partial charge in [0.2, 0.25) is 0 Å². The first-order valence-electron chi connectivity index (χ1n) is 15.6. The third kappa shape index (κ3) is 29.3. The van der Waals surface area contributed by atoms with Gasteiger partial charge in [-0.1, -0.05) is 167 Å². The quantitative estimate of drug-likeness (QED) is 0.0821. The number of hydrogen-bond donors (Lipinski definition) is 0. The van der Waals surface area contributed by atoms with E-state index >= 15 is 0 Å². The van der Waals surface area contributed by atoms with Crippen LogP contribution in [0.15, 0.2) is 0 Å². The molecule has 0 aliphatic heterocycles. The predicted molar refractivity (Wildman–Crippen MR) is 149 cm³/mol. The van der Waals surface area contributed by atoms with Crippen LogP contribution in [0.3, 0.4) is 0 Å². The molecule has 0 N–H and O–H groups in total. The highest BCUT2D eigenvalue weighted by atomic mass is 16.7. The highest BCUT2D eigenvalue weighted by Gasteiger charge is 2.01. The lowest BCUT2D eigenvalue weighted by molar-refractivity contribution is 0.0578. The monoisotopic (exact) mass is 482 g/mol. The van der Waals surface area contributed by atoms with Gasteiger partial charge in [-0.2, -0.15) is 0 Å². The molecule has 0 aromatic rings. The molecule has 0 saturated heterocycles. The van der Waals surface area contributed by atoms with Gasteiger partial charge in [0.05, 0.1) is 13.2 Å². The zero-order chi connectivity index (χ0) is 24.8. The van der Waals surface area contributed by atoms with E-state index in [9.17, 15) is 4.79 Å². The van der Waals surface area contributed by atoms with E-state index in [0.29, 0.717) is 13.2 Å². The third-order valence-corrected chi connectivity index (χ3v) is 6.98. The lowest BCUT2D eigenvalue weighted by Gasteiger charge is -2.05. The van der Waals surface area contributed by atoms with Crippen molar-refractivity contribution in [2.75, 3.05) is 13.2 Å². The summed E-state index contributed by atoms with van der Waals surface area (Å²) >= 11 is 0. The van der Waals surface area contributed by atoms with E-state index in [1.807, 2.05) is 0 Å². The van der Waals surface area contributed by atoms with Crippen LogP contribution in [-0.2, 0) is 9.47 Å². The molecular weight excluding hydrogens is 420 g/mol. The van der Waals surface area contributed by atoms with Crippen molar-refractivity contribution < 1.29 is 14.3 Å². The summed E-state index contributed by atoms with van der Waals surface area (Å²) in [6.07, 6.45) is 35.9. The van der Waals surface area contributed by atoms with Crippen LogP contribution in [0.1, 0.15) is 181 Å². The number of ether oxygens (including phenoxy) is 2. The lowest BCUT2D eigenvalue weighted by Crippen LogP contribution is -2.07. The van der Waals surface area contributed by atoms with Gasteiger partial charge in [0.15, 0.2) is 0 Å². The van der Waals surface area contributed by atoms with Crippen molar-refractivity contribution >= 4 is 6.16 Å². The molecule has 0 atom stereocenters. The van der Waals surface area contributed by atoms with Crippen molar-refractivity contribution in [3.05, 3.63) is 0 Å². The fourth-order valence-corrected chi connectivity index (χ4v) is 4.73. The van der Waals surface area contributed by atoms with Crippen molar-refractivity contribution in [2.45, 2.75) is 181 Å². The minimum atomic E-state index is -0.526. The normalized spacial score (nSPS) is 11.1. The maximum Gasteiger partial charge on any atom is 0.508 e. The van der Waals surface area contributed by atoms with Crippen LogP contribution in [0, 0.1) is 0 Å². The fourth-order valence-electron chi connectivity index (χ4n) is 4.73. The first-order chi connectivity index (χ1) is 16.8. The Hall–Kier alpha value is -0.730. The molecule has 0 aromatic heterocycles. The minimum Gasteiger partial charge on any atom is -0.435 e. The summed E-state index contributed by atoms with van der Waals surface area (Å²) in [5, 5.41) is 0. The Labute approximate surface area is 214 Å². The van der Waals surface area contributed by atoms with Crippen molar-refractivity contribution in [2.24, 2.45) is 0 Å². The van der Waals surface area contributed by atoms with E-state index < -0.39 is 6.16 Å². The molecule has 0 rings (SSSR count). The SMILES string of the molecule is CCCCCCCCCCCCCCCCCCCCCCCCCCCCOC(=O)OCC. The molecule has 0 saturated carbocycles. The number of hydrogen-bond acceptors (Lipinski definition) is 3. The van der Waals surface area contributed by atoms with Gasteiger partial charge in [0, 0.05) is 0 Å². The predicted octanol–water partition coefficient (Wildman–Crippen LogP) is 11.3.